The normalized spacial score (nSPS) is 19.4. The van der Waals surface area contributed by atoms with Gasteiger partial charge in [-0.3, -0.25) is 0 Å². The van der Waals surface area contributed by atoms with Crippen LogP contribution in [0.15, 0.2) is 22.7 Å². The Morgan fingerprint density at radius 3 is 3.07 bits per heavy atom. The second-order valence-corrected chi connectivity index (χ2v) is 4.34. The molecule has 3 nitrogen and oxygen atoms in total. The first kappa shape index (κ1) is 9.80. The van der Waals surface area contributed by atoms with Crippen molar-refractivity contribution in [2.75, 3.05) is 23.8 Å². The van der Waals surface area contributed by atoms with E-state index in [1.165, 1.54) is 0 Å². The first-order valence-electron chi connectivity index (χ1n) is 4.70. The first-order chi connectivity index (χ1) is 6.79. The van der Waals surface area contributed by atoms with Crippen molar-refractivity contribution in [3.05, 3.63) is 22.7 Å². The minimum atomic E-state index is 0.225. The van der Waals surface area contributed by atoms with E-state index in [0.29, 0.717) is 6.04 Å². The van der Waals surface area contributed by atoms with Crippen molar-refractivity contribution in [2.24, 2.45) is 0 Å². The fraction of sp³-hybridized carbons (Fsp3) is 0.400. The summed E-state index contributed by atoms with van der Waals surface area (Å²) in [4.78, 5) is 0. The van der Waals surface area contributed by atoms with Gasteiger partial charge in [0.05, 0.1) is 11.4 Å². The molecule has 2 rings (SSSR count). The van der Waals surface area contributed by atoms with Gasteiger partial charge in [-0.2, -0.15) is 0 Å². The lowest BCUT2D eigenvalue weighted by atomic mass is 10.1. The number of fused-ring (bicyclic) bond motifs is 1. The number of nitrogens with one attached hydrogen (secondary N) is 2. The van der Waals surface area contributed by atoms with E-state index in [9.17, 15) is 0 Å². The van der Waals surface area contributed by atoms with Crippen molar-refractivity contribution in [3.8, 4) is 0 Å². The number of benzene rings is 1. The zero-order valence-corrected chi connectivity index (χ0v) is 9.34. The number of hydrogen-bond acceptors (Lipinski definition) is 3. The molecule has 1 unspecified atom stereocenters. The Morgan fingerprint density at radius 1 is 1.43 bits per heavy atom. The highest BCUT2D eigenvalue weighted by atomic mass is 79.9. The summed E-state index contributed by atoms with van der Waals surface area (Å²) in [5.74, 6) is 0. The van der Waals surface area contributed by atoms with Crippen LogP contribution in [0, 0.1) is 0 Å². The summed E-state index contributed by atoms with van der Waals surface area (Å²) in [7, 11) is 0. The van der Waals surface area contributed by atoms with Crippen LogP contribution in [0.2, 0.25) is 0 Å². The van der Waals surface area contributed by atoms with E-state index in [4.69, 9.17) is 5.11 Å². The molecule has 0 saturated carbocycles. The third kappa shape index (κ3) is 2.01. The molecule has 1 aliphatic rings. The quantitative estimate of drug-likeness (QED) is 0.759. The van der Waals surface area contributed by atoms with Gasteiger partial charge in [-0.05, 0) is 24.6 Å². The van der Waals surface area contributed by atoms with Gasteiger partial charge >= 0.3 is 0 Å². The molecule has 0 bridgehead atoms. The van der Waals surface area contributed by atoms with Crippen LogP contribution in [0.5, 0.6) is 0 Å². The van der Waals surface area contributed by atoms with E-state index in [-0.39, 0.29) is 6.61 Å². The van der Waals surface area contributed by atoms with Crippen LogP contribution in [-0.2, 0) is 0 Å². The van der Waals surface area contributed by atoms with Crippen molar-refractivity contribution in [2.45, 2.75) is 12.5 Å². The van der Waals surface area contributed by atoms with Crippen LogP contribution < -0.4 is 10.6 Å². The van der Waals surface area contributed by atoms with Crippen LogP contribution in [0.25, 0.3) is 0 Å². The lowest BCUT2D eigenvalue weighted by Gasteiger charge is -2.28. The highest BCUT2D eigenvalue weighted by Gasteiger charge is 2.16. The molecule has 1 heterocycles. The maximum Gasteiger partial charge on any atom is 0.0590 e. The molecule has 1 atom stereocenters. The second-order valence-electron chi connectivity index (χ2n) is 3.42. The van der Waals surface area contributed by atoms with Crippen molar-refractivity contribution in [1.29, 1.82) is 0 Å². The lowest BCUT2D eigenvalue weighted by molar-refractivity contribution is 0.280. The maximum absolute atomic E-state index is 8.84. The van der Waals surface area contributed by atoms with Crippen molar-refractivity contribution in [1.82, 2.24) is 0 Å². The second kappa shape index (κ2) is 4.19. The summed E-state index contributed by atoms with van der Waals surface area (Å²) in [5, 5.41) is 15.6. The largest absolute Gasteiger partial charge is 0.396 e. The molecular weight excluding hydrogens is 244 g/mol. The molecule has 76 valence electrons. The number of aliphatic hydroxyl groups is 1. The summed E-state index contributed by atoms with van der Waals surface area (Å²) in [5.41, 5.74) is 2.23. The van der Waals surface area contributed by atoms with Gasteiger partial charge in [0, 0.05) is 23.7 Å². The number of rotatable bonds is 2. The number of aliphatic hydroxyl groups excluding tert-OH is 1. The Bertz CT molecular complexity index is 330. The predicted octanol–water partition coefficient (Wildman–Crippen LogP) is 2.04. The molecule has 0 aromatic heterocycles. The van der Waals surface area contributed by atoms with Gasteiger partial charge in [0.1, 0.15) is 0 Å². The monoisotopic (exact) mass is 256 g/mol. The van der Waals surface area contributed by atoms with Crippen molar-refractivity contribution < 1.29 is 5.11 Å². The molecule has 0 fully saturated rings. The van der Waals surface area contributed by atoms with Gasteiger partial charge in [-0.25, -0.2) is 0 Å². The van der Waals surface area contributed by atoms with Gasteiger partial charge in [0.25, 0.3) is 0 Å². The minimum absolute atomic E-state index is 0.225. The number of halogens is 1. The molecule has 0 saturated heterocycles. The number of anilines is 2. The van der Waals surface area contributed by atoms with E-state index >= 15 is 0 Å². The van der Waals surface area contributed by atoms with Crippen molar-refractivity contribution in [3.63, 3.8) is 0 Å². The van der Waals surface area contributed by atoms with Gasteiger partial charge in [-0.1, -0.05) is 15.9 Å². The zero-order valence-electron chi connectivity index (χ0n) is 7.76. The Labute approximate surface area is 91.6 Å². The Hall–Kier alpha value is -0.740. The van der Waals surface area contributed by atoms with Gasteiger partial charge in [0.2, 0.25) is 0 Å². The SMILES string of the molecule is OCCC1CNc2ccc(Br)cc2N1. The zero-order chi connectivity index (χ0) is 9.97. The highest BCUT2D eigenvalue weighted by molar-refractivity contribution is 9.10. The smallest absolute Gasteiger partial charge is 0.0590 e. The summed E-state index contributed by atoms with van der Waals surface area (Å²) in [6, 6.07) is 6.43. The van der Waals surface area contributed by atoms with Crippen LogP contribution in [-0.4, -0.2) is 24.3 Å². The molecule has 1 aromatic carbocycles. The van der Waals surface area contributed by atoms with E-state index < -0.39 is 0 Å². The summed E-state index contributed by atoms with van der Waals surface area (Å²) >= 11 is 3.43. The fourth-order valence-corrected chi connectivity index (χ4v) is 1.99. The van der Waals surface area contributed by atoms with Crippen LogP contribution >= 0.6 is 15.9 Å². The average Bonchev–Trinajstić information content (AvgIpc) is 2.17. The molecule has 0 aliphatic carbocycles. The van der Waals surface area contributed by atoms with E-state index in [2.05, 4.69) is 26.6 Å². The van der Waals surface area contributed by atoms with E-state index in [0.717, 1.165) is 28.8 Å². The van der Waals surface area contributed by atoms with Gasteiger partial charge in [-0.15, -0.1) is 0 Å². The van der Waals surface area contributed by atoms with Crippen LogP contribution in [0.1, 0.15) is 6.42 Å². The Morgan fingerprint density at radius 2 is 2.29 bits per heavy atom. The molecule has 0 spiro atoms. The molecule has 14 heavy (non-hydrogen) atoms. The molecule has 3 N–H and O–H groups in total. The Balaban J connectivity index is 2.16. The Kier molecular flexibility index (Phi) is 2.93. The van der Waals surface area contributed by atoms with E-state index in [1.54, 1.807) is 0 Å². The van der Waals surface area contributed by atoms with Crippen LogP contribution in [0.3, 0.4) is 0 Å². The van der Waals surface area contributed by atoms with Crippen LogP contribution in [0.4, 0.5) is 11.4 Å². The molecule has 0 radical (unpaired) electrons. The lowest BCUT2D eigenvalue weighted by Crippen LogP contribution is -2.33. The third-order valence-electron chi connectivity index (χ3n) is 2.36. The van der Waals surface area contributed by atoms with Gasteiger partial charge < -0.3 is 15.7 Å². The molecule has 0 amide bonds. The van der Waals surface area contributed by atoms with Gasteiger partial charge in [0.15, 0.2) is 0 Å². The highest BCUT2D eigenvalue weighted by Crippen LogP contribution is 2.29. The molecular formula is C10H13BrN2O. The predicted molar refractivity (Wildman–Crippen MR) is 61.7 cm³/mol. The molecule has 1 aliphatic heterocycles. The third-order valence-corrected chi connectivity index (χ3v) is 2.85. The summed E-state index contributed by atoms with van der Waals surface area (Å²) in [6.45, 7) is 1.10. The minimum Gasteiger partial charge on any atom is -0.396 e. The molecule has 4 heteroatoms. The van der Waals surface area contributed by atoms with Crippen molar-refractivity contribution >= 4 is 27.3 Å². The summed E-state index contributed by atoms with van der Waals surface area (Å²) in [6.07, 6.45) is 0.777. The number of hydrogen-bond donors (Lipinski definition) is 3. The first-order valence-corrected chi connectivity index (χ1v) is 5.49. The molecule has 1 aromatic rings. The standard InChI is InChI=1S/C10H13BrN2O/c11-7-1-2-9-10(5-7)13-8(3-4-14)6-12-9/h1-2,5,8,12-14H,3-4,6H2. The maximum atomic E-state index is 8.84. The topological polar surface area (TPSA) is 44.3 Å². The fourth-order valence-electron chi connectivity index (χ4n) is 1.62. The van der Waals surface area contributed by atoms with E-state index in [1.807, 2.05) is 18.2 Å². The average molecular weight is 257 g/mol. The summed E-state index contributed by atoms with van der Waals surface area (Å²) < 4.78 is 1.06.